The Hall–Kier alpha value is -1.50. The second-order valence-corrected chi connectivity index (χ2v) is 7.26. The van der Waals surface area contributed by atoms with Gasteiger partial charge in [0.2, 0.25) is 0 Å². The highest BCUT2D eigenvalue weighted by atomic mass is 35.5. The number of nitrogens with zero attached hydrogens (tertiary/aromatic N) is 1. The molecule has 0 radical (unpaired) electrons. The minimum absolute atomic E-state index is 0. The molecule has 1 saturated carbocycles. The van der Waals surface area contributed by atoms with Gasteiger partial charge in [-0.25, -0.2) is 0 Å². The minimum Gasteiger partial charge on any atom is -0.361 e. The van der Waals surface area contributed by atoms with Gasteiger partial charge in [0.15, 0.2) is 0 Å². The first-order chi connectivity index (χ1) is 11.6. The van der Waals surface area contributed by atoms with Gasteiger partial charge in [-0.15, -0.1) is 24.2 Å². The van der Waals surface area contributed by atoms with E-state index in [1.807, 2.05) is 38.1 Å². The lowest BCUT2D eigenvalue weighted by molar-refractivity contribution is 0.0930. The molecule has 3 rings (SSSR count). The van der Waals surface area contributed by atoms with Gasteiger partial charge in [-0.1, -0.05) is 17.3 Å². The molecule has 3 N–H and O–H groups in total. The summed E-state index contributed by atoms with van der Waals surface area (Å²) in [5.74, 6) is 2.06. The molecule has 1 fully saturated rings. The lowest BCUT2D eigenvalue weighted by Gasteiger charge is -2.17. The monoisotopic (exact) mass is 381 g/mol. The fourth-order valence-corrected chi connectivity index (χ4v) is 3.95. The number of rotatable bonds is 7. The third-order valence-corrected chi connectivity index (χ3v) is 5.55. The van der Waals surface area contributed by atoms with Gasteiger partial charge < -0.3 is 15.6 Å². The van der Waals surface area contributed by atoms with Gasteiger partial charge in [0.1, 0.15) is 5.76 Å². The number of aryl methyl sites for hydroxylation is 2. The molecule has 0 saturated heterocycles. The van der Waals surface area contributed by atoms with Crippen LogP contribution in [0.1, 0.15) is 40.2 Å². The molecule has 1 aromatic carbocycles. The summed E-state index contributed by atoms with van der Waals surface area (Å²) in [6.07, 6.45) is 2.31. The van der Waals surface area contributed by atoms with Crippen molar-refractivity contribution in [2.75, 3.05) is 6.54 Å². The van der Waals surface area contributed by atoms with Crippen molar-refractivity contribution in [1.29, 1.82) is 0 Å². The van der Waals surface area contributed by atoms with Crippen molar-refractivity contribution < 1.29 is 9.32 Å². The third-order valence-electron chi connectivity index (χ3n) is 4.45. The van der Waals surface area contributed by atoms with Crippen LogP contribution in [0.5, 0.6) is 0 Å². The molecular weight excluding hydrogens is 358 g/mol. The fourth-order valence-electron chi connectivity index (χ4n) is 2.75. The number of halogens is 1. The van der Waals surface area contributed by atoms with Crippen molar-refractivity contribution in [3.05, 3.63) is 46.8 Å². The number of amides is 1. The maximum absolute atomic E-state index is 12.7. The van der Waals surface area contributed by atoms with Crippen molar-refractivity contribution in [2.45, 2.75) is 43.4 Å². The summed E-state index contributed by atoms with van der Waals surface area (Å²) in [5, 5.41) is 7.07. The Bertz CT molecular complexity index is 711. The molecule has 0 bridgehead atoms. The van der Waals surface area contributed by atoms with E-state index in [4.69, 9.17) is 10.3 Å². The number of carbonyl (C=O) groups excluding carboxylic acids is 1. The molecule has 1 aliphatic carbocycles. The maximum Gasteiger partial charge on any atom is 0.252 e. The number of hydrogen-bond acceptors (Lipinski definition) is 5. The Morgan fingerprint density at radius 2 is 2.12 bits per heavy atom. The molecule has 1 heterocycles. The van der Waals surface area contributed by atoms with Crippen LogP contribution in [-0.4, -0.2) is 23.7 Å². The number of hydrogen-bond donors (Lipinski definition) is 2. The van der Waals surface area contributed by atoms with Crippen LogP contribution in [0.2, 0.25) is 0 Å². The zero-order valence-electron chi connectivity index (χ0n) is 14.5. The van der Waals surface area contributed by atoms with E-state index in [-0.39, 0.29) is 24.4 Å². The van der Waals surface area contributed by atoms with Crippen molar-refractivity contribution in [3.8, 4) is 0 Å². The van der Waals surface area contributed by atoms with Gasteiger partial charge in [-0.05, 0) is 44.7 Å². The quantitative estimate of drug-likeness (QED) is 0.717. The highest BCUT2D eigenvalue weighted by Crippen LogP contribution is 2.33. The van der Waals surface area contributed by atoms with Gasteiger partial charge >= 0.3 is 0 Å². The van der Waals surface area contributed by atoms with Crippen LogP contribution in [0.25, 0.3) is 0 Å². The Balaban J connectivity index is 0.00000225. The molecule has 1 aromatic heterocycles. The molecule has 1 atom stereocenters. The topological polar surface area (TPSA) is 81.2 Å². The molecule has 0 aliphatic heterocycles. The minimum atomic E-state index is -0.0424. The van der Waals surface area contributed by atoms with E-state index < -0.39 is 0 Å². The van der Waals surface area contributed by atoms with Crippen molar-refractivity contribution >= 4 is 30.1 Å². The Kier molecular flexibility index (Phi) is 6.93. The molecule has 0 spiro atoms. The second kappa shape index (κ2) is 8.74. The van der Waals surface area contributed by atoms with Gasteiger partial charge in [-0.2, -0.15) is 0 Å². The predicted molar refractivity (Wildman–Crippen MR) is 102 cm³/mol. The van der Waals surface area contributed by atoms with Crippen LogP contribution in [0, 0.1) is 19.8 Å². The van der Waals surface area contributed by atoms with E-state index in [9.17, 15) is 4.79 Å². The number of nitrogens with one attached hydrogen (secondary N) is 1. The zero-order chi connectivity index (χ0) is 17.1. The van der Waals surface area contributed by atoms with Crippen LogP contribution in [0.4, 0.5) is 0 Å². The van der Waals surface area contributed by atoms with E-state index in [0.29, 0.717) is 18.0 Å². The molecule has 5 nitrogen and oxygen atoms in total. The zero-order valence-corrected chi connectivity index (χ0v) is 16.1. The molecule has 25 heavy (non-hydrogen) atoms. The summed E-state index contributed by atoms with van der Waals surface area (Å²) >= 11 is 1.63. The molecule has 1 unspecified atom stereocenters. The first-order valence-electron chi connectivity index (χ1n) is 8.24. The lowest BCUT2D eigenvalue weighted by atomic mass is 10.1. The highest BCUT2D eigenvalue weighted by Gasteiger charge is 2.31. The average molecular weight is 382 g/mol. The first-order valence-corrected chi connectivity index (χ1v) is 9.23. The average Bonchev–Trinajstić information content (AvgIpc) is 3.38. The summed E-state index contributed by atoms with van der Waals surface area (Å²) in [7, 11) is 0. The Labute approximate surface area is 158 Å². The number of aromatic nitrogens is 1. The van der Waals surface area contributed by atoms with Gasteiger partial charge in [-0.3, -0.25) is 4.79 Å². The predicted octanol–water partition coefficient (Wildman–Crippen LogP) is 3.47. The standard InChI is InChI=1S/C18H23N3O2S.ClH/c1-11-15(12(2)23-21-11)10-24-17-6-4-3-5-14(17)18(22)20-16(9-19)13-7-8-13;/h3-6,13,16H,7-10,19H2,1-2H3,(H,20,22);1H. The highest BCUT2D eigenvalue weighted by molar-refractivity contribution is 7.98. The molecule has 1 amide bonds. The van der Waals surface area contributed by atoms with E-state index in [1.54, 1.807) is 11.8 Å². The van der Waals surface area contributed by atoms with Crippen LogP contribution in [-0.2, 0) is 5.75 Å². The van der Waals surface area contributed by atoms with Crippen molar-refractivity contribution in [3.63, 3.8) is 0 Å². The largest absolute Gasteiger partial charge is 0.361 e. The number of nitrogens with two attached hydrogens (primary N) is 1. The SMILES string of the molecule is Cc1noc(C)c1CSc1ccccc1C(=O)NC(CN)C1CC1.Cl. The van der Waals surface area contributed by atoms with Crippen LogP contribution in [0.3, 0.4) is 0 Å². The van der Waals surface area contributed by atoms with E-state index in [1.165, 1.54) is 0 Å². The Morgan fingerprint density at radius 3 is 2.72 bits per heavy atom. The molecule has 136 valence electrons. The maximum atomic E-state index is 12.7. The molecule has 1 aliphatic rings. The van der Waals surface area contributed by atoms with Crippen LogP contribution < -0.4 is 11.1 Å². The summed E-state index contributed by atoms with van der Waals surface area (Å²) in [4.78, 5) is 13.6. The number of benzene rings is 1. The van der Waals surface area contributed by atoms with E-state index >= 15 is 0 Å². The summed E-state index contributed by atoms with van der Waals surface area (Å²) in [6, 6.07) is 7.77. The summed E-state index contributed by atoms with van der Waals surface area (Å²) in [5.41, 5.74) is 8.49. The summed E-state index contributed by atoms with van der Waals surface area (Å²) < 4.78 is 5.21. The molecule has 7 heteroatoms. The number of thioether (sulfide) groups is 1. The van der Waals surface area contributed by atoms with Crippen LogP contribution in [0.15, 0.2) is 33.7 Å². The smallest absolute Gasteiger partial charge is 0.252 e. The van der Waals surface area contributed by atoms with E-state index in [0.717, 1.165) is 40.5 Å². The van der Waals surface area contributed by atoms with Crippen molar-refractivity contribution in [1.82, 2.24) is 10.5 Å². The van der Waals surface area contributed by atoms with Gasteiger partial charge in [0, 0.05) is 28.8 Å². The lowest BCUT2D eigenvalue weighted by Crippen LogP contribution is -2.41. The molecule has 2 aromatic rings. The second-order valence-electron chi connectivity index (χ2n) is 6.24. The number of carbonyl (C=O) groups is 1. The normalized spacial score (nSPS) is 14.7. The third kappa shape index (κ3) is 4.77. The Morgan fingerprint density at radius 1 is 1.40 bits per heavy atom. The summed E-state index contributed by atoms with van der Waals surface area (Å²) in [6.45, 7) is 4.34. The van der Waals surface area contributed by atoms with Crippen LogP contribution >= 0.6 is 24.2 Å². The van der Waals surface area contributed by atoms with E-state index in [2.05, 4.69) is 10.5 Å². The first kappa shape index (κ1) is 19.8. The van der Waals surface area contributed by atoms with Crippen molar-refractivity contribution in [2.24, 2.45) is 11.7 Å². The fraction of sp³-hybridized carbons (Fsp3) is 0.444. The van der Waals surface area contributed by atoms with Gasteiger partial charge in [0.25, 0.3) is 5.91 Å². The molecular formula is C18H24ClN3O2S. The van der Waals surface area contributed by atoms with Gasteiger partial charge in [0.05, 0.1) is 11.3 Å².